The van der Waals surface area contributed by atoms with E-state index in [1.165, 1.54) is 6.42 Å². The van der Waals surface area contributed by atoms with Gasteiger partial charge in [0.05, 0.1) is 6.04 Å². The van der Waals surface area contributed by atoms with E-state index in [0.29, 0.717) is 6.04 Å². The molecule has 1 aliphatic heterocycles. The van der Waals surface area contributed by atoms with Gasteiger partial charge in [0, 0.05) is 13.1 Å². The van der Waals surface area contributed by atoms with Crippen molar-refractivity contribution in [3.63, 3.8) is 0 Å². The molecule has 0 amide bonds. The monoisotopic (exact) mass is 167 g/mol. The van der Waals surface area contributed by atoms with E-state index in [-0.39, 0.29) is 0 Å². The molecule has 1 aromatic rings. The van der Waals surface area contributed by atoms with Gasteiger partial charge in [-0.15, -0.1) is 0 Å². The van der Waals surface area contributed by atoms with Gasteiger partial charge < -0.3 is 4.52 Å². The van der Waals surface area contributed by atoms with E-state index < -0.39 is 0 Å². The lowest BCUT2D eigenvalue weighted by Gasteiger charge is -2.34. The molecular formula is C8H13N3O. The molecule has 4 nitrogen and oxygen atoms in total. The quantitative estimate of drug-likeness (QED) is 0.662. The van der Waals surface area contributed by atoms with Gasteiger partial charge in [0.2, 0.25) is 5.89 Å². The highest BCUT2D eigenvalue weighted by Crippen LogP contribution is 2.23. The molecule has 0 aliphatic carbocycles. The van der Waals surface area contributed by atoms with E-state index >= 15 is 0 Å². The summed E-state index contributed by atoms with van der Waals surface area (Å²) in [5.74, 6) is 1.46. The number of aromatic nitrogens is 2. The maximum atomic E-state index is 5.08. The van der Waals surface area contributed by atoms with E-state index in [1.54, 1.807) is 0 Å². The smallest absolute Gasteiger partial charge is 0.243 e. The first-order valence-corrected chi connectivity index (χ1v) is 4.31. The Balaban J connectivity index is 2.08. The summed E-state index contributed by atoms with van der Waals surface area (Å²) in [4.78, 5) is 6.52. The Bertz CT molecular complexity index is 267. The summed E-state index contributed by atoms with van der Waals surface area (Å²) in [7, 11) is 0. The van der Waals surface area contributed by atoms with Crippen LogP contribution in [-0.2, 0) is 0 Å². The van der Waals surface area contributed by atoms with Gasteiger partial charge in [0.1, 0.15) is 0 Å². The Hall–Kier alpha value is -0.900. The summed E-state index contributed by atoms with van der Waals surface area (Å²) >= 11 is 0. The average molecular weight is 167 g/mol. The molecule has 4 heteroatoms. The van der Waals surface area contributed by atoms with Crippen molar-refractivity contribution in [3.05, 3.63) is 11.7 Å². The largest absolute Gasteiger partial charge is 0.338 e. The van der Waals surface area contributed by atoms with E-state index in [4.69, 9.17) is 4.52 Å². The highest BCUT2D eigenvalue weighted by atomic mass is 16.5. The predicted octanol–water partition coefficient (Wildman–Crippen LogP) is 1.14. The molecule has 0 spiro atoms. The molecule has 66 valence electrons. The van der Waals surface area contributed by atoms with Crippen molar-refractivity contribution in [2.24, 2.45) is 0 Å². The van der Waals surface area contributed by atoms with Crippen molar-refractivity contribution >= 4 is 0 Å². The number of hydrogen-bond acceptors (Lipinski definition) is 4. The molecule has 1 aliphatic rings. The summed E-state index contributed by atoms with van der Waals surface area (Å²) in [6.45, 7) is 6.26. The maximum Gasteiger partial charge on any atom is 0.243 e. The summed E-state index contributed by atoms with van der Waals surface area (Å²) in [5, 5.41) is 3.77. The molecule has 1 atom stereocenters. The minimum atomic E-state index is 0.292. The molecule has 0 N–H and O–H groups in total. The van der Waals surface area contributed by atoms with Crippen molar-refractivity contribution in [2.45, 2.75) is 26.3 Å². The first-order chi connectivity index (χ1) is 5.77. The topological polar surface area (TPSA) is 42.2 Å². The fourth-order valence-corrected chi connectivity index (χ4v) is 1.37. The highest BCUT2D eigenvalue weighted by Gasteiger charge is 2.25. The molecule has 0 aromatic carbocycles. The van der Waals surface area contributed by atoms with Crippen LogP contribution in [0, 0.1) is 6.92 Å². The zero-order valence-electron chi connectivity index (χ0n) is 7.45. The zero-order valence-corrected chi connectivity index (χ0v) is 7.45. The Morgan fingerprint density at radius 3 is 2.67 bits per heavy atom. The van der Waals surface area contributed by atoms with Gasteiger partial charge in [-0.1, -0.05) is 5.16 Å². The van der Waals surface area contributed by atoms with Crippen molar-refractivity contribution in [2.75, 3.05) is 13.1 Å². The van der Waals surface area contributed by atoms with Crippen LogP contribution in [0.5, 0.6) is 0 Å². The van der Waals surface area contributed by atoms with Crippen LogP contribution in [0.15, 0.2) is 4.52 Å². The van der Waals surface area contributed by atoms with Crippen LogP contribution >= 0.6 is 0 Å². The first kappa shape index (κ1) is 7.73. The van der Waals surface area contributed by atoms with Crippen molar-refractivity contribution in [3.8, 4) is 0 Å². The second-order valence-corrected chi connectivity index (χ2v) is 3.25. The van der Waals surface area contributed by atoms with E-state index in [9.17, 15) is 0 Å². The Morgan fingerprint density at radius 1 is 1.50 bits per heavy atom. The fraction of sp³-hybridized carbons (Fsp3) is 0.750. The molecule has 2 rings (SSSR count). The van der Waals surface area contributed by atoms with E-state index in [0.717, 1.165) is 24.8 Å². The van der Waals surface area contributed by atoms with Crippen LogP contribution in [0.4, 0.5) is 0 Å². The Labute approximate surface area is 71.6 Å². The second-order valence-electron chi connectivity index (χ2n) is 3.25. The average Bonchev–Trinajstić information content (AvgIpc) is 2.31. The highest BCUT2D eigenvalue weighted by molar-refractivity contribution is 4.92. The van der Waals surface area contributed by atoms with Gasteiger partial charge in [-0.3, -0.25) is 4.90 Å². The molecule has 1 fully saturated rings. The lowest BCUT2D eigenvalue weighted by molar-refractivity contribution is 0.105. The van der Waals surface area contributed by atoms with Crippen LogP contribution in [0.25, 0.3) is 0 Å². The number of nitrogens with zero attached hydrogens (tertiary/aromatic N) is 3. The Morgan fingerprint density at radius 2 is 2.25 bits per heavy atom. The van der Waals surface area contributed by atoms with Crippen molar-refractivity contribution in [1.82, 2.24) is 15.0 Å². The Kier molecular flexibility index (Phi) is 1.84. The molecule has 1 saturated heterocycles. The SMILES string of the molecule is Cc1noc(C(C)N2CCC2)n1. The summed E-state index contributed by atoms with van der Waals surface area (Å²) in [5.41, 5.74) is 0. The van der Waals surface area contributed by atoms with Crippen LogP contribution in [0.2, 0.25) is 0 Å². The zero-order chi connectivity index (χ0) is 8.55. The normalized spacial score (nSPS) is 20.5. The van der Waals surface area contributed by atoms with Gasteiger partial charge in [-0.05, 0) is 20.3 Å². The summed E-state index contributed by atoms with van der Waals surface area (Å²) in [6, 6.07) is 0.292. The summed E-state index contributed by atoms with van der Waals surface area (Å²) < 4.78 is 5.08. The van der Waals surface area contributed by atoms with E-state index in [1.807, 2.05) is 6.92 Å². The van der Waals surface area contributed by atoms with Gasteiger partial charge in [0.15, 0.2) is 5.82 Å². The third-order valence-corrected chi connectivity index (χ3v) is 2.34. The lowest BCUT2D eigenvalue weighted by atomic mass is 10.1. The molecule has 0 saturated carbocycles. The van der Waals surface area contributed by atoms with Crippen LogP contribution in [0.3, 0.4) is 0 Å². The molecule has 12 heavy (non-hydrogen) atoms. The predicted molar refractivity (Wildman–Crippen MR) is 43.6 cm³/mol. The van der Waals surface area contributed by atoms with E-state index in [2.05, 4.69) is 22.0 Å². The van der Waals surface area contributed by atoms with Crippen LogP contribution in [-0.4, -0.2) is 28.1 Å². The number of hydrogen-bond donors (Lipinski definition) is 0. The fourth-order valence-electron chi connectivity index (χ4n) is 1.37. The second kappa shape index (κ2) is 2.86. The first-order valence-electron chi connectivity index (χ1n) is 4.31. The third kappa shape index (κ3) is 1.22. The van der Waals surface area contributed by atoms with Gasteiger partial charge in [-0.2, -0.15) is 4.98 Å². The molecular weight excluding hydrogens is 154 g/mol. The summed E-state index contributed by atoms with van der Waals surface area (Å²) in [6.07, 6.45) is 1.29. The number of rotatable bonds is 2. The minimum absolute atomic E-state index is 0.292. The van der Waals surface area contributed by atoms with Crippen molar-refractivity contribution < 1.29 is 4.52 Å². The van der Waals surface area contributed by atoms with Crippen LogP contribution < -0.4 is 0 Å². The maximum absolute atomic E-state index is 5.08. The van der Waals surface area contributed by atoms with Gasteiger partial charge in [0.25, 0.3) is 0 Å². The molecule has 2 heterocycles. The molecule has 0 bridgehead atoms. The number of aryl methyl sites for hydroxylation is 1. The van der Waals surface area contributed by atoms with Crippen LogP contribution in [0.1, 0.15) is 31.1 Å². The number of likely N-dealkylation sites (tertiary alicyclic amines) is 1. The minimum Gasteiger partial charge on any atom is -0.338 e. The van der Waals surface area contributed by atoms with Gasteiger partial charge >= 0.3 is 0 Å². The third-order valence-electron chi connectivity index (χ3n) is 2.34. The lowest BCUT2D eigenvalue weighted by Crippen LogP contribution is -2.39. The van der Waals surface area contributed by atoms with Crippen molar-refractivity contribution in [1.29, 1.82) is 0 Å². The molecule has 1 unspecified atom stereocenters. The van der Waals surface area contributed by atoms with Gasteiger partial charge in [-0.25, -0.2) is 0 Å². The molecule has 1 aromatic heterocycles. The standard InChI is InChI=1S/C8H13N3O/c1-6(11-4-3-5-11)8-9-7(2)10-12-8/h6H,3-5H2,1-2H3. The molecule has 0 radical (unpaired) electrons.